The molecule has 38 heavy (non-hydrogen) atoms. The number of hydrogen-bond acceptors (Lipinski definition) is 7. The molecule has 0 radical (unpaired) electrons. The minimum atomic E-state index is -0.700. The number of rotatable bonds is 7. The van der Waals surface area contributed by atoms with Gasteiger partial charge in [-0.25, -0.2) is 18.7 Å². The molecule has 2 N–H and O–H groups in total. The third-order valence-corrected chi connectivity index (χ3v) is 6.96. The lowest BCUT2D eigenvalue weighted by molar-refractivity contribution is -0.131. The van der Waals surface area contributed by atoms with Crippen molar-refractivity contribution in [2.45, 2.75) is 32.4 Å². The first-order valence-corrected chi connectivity index (χ1v) is 12.3. The van der Waals surface area contributed by atoms with Gasteiger partial charge in [-0.3, -0.25) is 9.69 Å². The van der Waals surface area contributed by atoms with Crippen LogP contribution in [0.3, 0.4) is 0 Å². The minimum absolute atomic E-state index is 0.0206. The standard InChI is InChI=1S/C27H26F2N8O/c1-3-36(22-10-11-35(2)26(22)38)15-17-7-5-9-20(28)19(17)12-23-33-24-13-21(32-27(31)37(24)34-23)18-8-4-6-16(14-30)25(18)29/h4-9,13,22H,3,10-12,15H2,1-2H3,(H2,31,32). The first kappa shape index (κ1) is 25.2. The van der Waals surface area contributed by atoms with Crippen molar-refractivity contribution in [1.82, 2.24) is 29.4 Å². The summed E-state index contributed by atoms with van der Waals surface area (Å²) >= 11 is 0. The van der Waals surface area contributed by atoms with E-state index in [-0.39, 0.29) is 41.1 Å². The average molecular weight is 517 g/mol. The number of carbonyl (C=O) groups is 1. The number of aromatic nitrogens is 4. The summed E-state index contributed by atoms with van der Waals surface area (Å²) in [4.78, 5) is 25.1. The normalized spacial score (nSPS) is 15.5. The van der Waals surface area contributed by atoms with Crippen LogP contribution >= 0.6 is 0 Å². The van der Waals surface area contributed by atoms with Crippen LogP contribution < -0.4 is 5.73 Å². The van der Waals surface area contributed by atoms with E-state index in [1.54, 1.807) is 24.1 Å². The smallest absolute Gasteiger partial charge is 0.239 e. The van der Waals surface area contributed by atoms with E-state index in [0.717, 1.165) is 12.0 Å². The number of fused-ring (bicyclic) bond motifs is 1. The van der Waals surface area contributed by atoms with Crippen molar-refractivity contribution in [2.75, 3.05) is 25.9 Å². The van der Waals surface area contributed by atoms with E-state index in [2.05, 4.69) is 20.0 Å². The fourth-order valence-corrected chi connectivity index (χ4v) is 4.90. The van der Waals surface area contributed by atoms with Gasteiger partial charge >= 0.3 is 0 Å². The number of likely N-dealkylation sites (tertiary alicyclic amines) is 1. The van der Waals surface area contributed by atoms with E-state index >= 15 is 4.39 Å². The number of likely N-dealkylation sites (N-methyl/N-ethyl adjacent to an activating group) is 2. The zero-order valence-corrected chi connectivity index (χ0v) is 21.0. The number of carbonyl (C=O) groups excluding carboxylic acids is 1. The third-order valence-electron chi connectivity index (χ3n) is 6.96. The molecule has 1 aliphatic rings. The summed E-state index contributed by atoms with van der Waals surface area (Å²) in [6.45, 7) is 3.73. The number of nitriles is 1. The van der Waals surface area contributed by atoms with Crippen LogP contribution in [0.2, 0.25) is 0 Å². The van der Waals surface area contributed by atoms with E-state index in [0.29, 0.717) is 36.7 Å². The first-order chi connectivity index (χ1) is 18.3. The van der Waals surface area contributed by atoms with Crippen molar-refractivity contribution >= 4 is 17.5 Å². The fraction of sp³-hybridized carbons (Fsp3) is 0.296. The molecule has 3 heterocycles. The predicted molar refractivity (Wildman–Crippen MR) is 137 cm³/mol. The molecule has 1 saturated heterocycles. The molecule has 0 aliphatic carbocycles. The Labute approximate surface area is 218 Å². The van der Waals surface area contributed by atoms with Crippen LogP contribution in [0.1, 0.15) is 35.9 Å². The maximum atomic E-state index is 15.1. The summed E-state index contributed by atoms with van der Waals surface area (Å²) in [5.41, 5.74) is 7.82. The highest BCUT2D eigenvalue weighted by atomic mass is 19.1. The minimum Gasteiger partial charge on any atom is -0.368 e. The van der Waals surface area contributed by atoms with Crippen LogP contribution in [0, 0.1) is 23.0 Å². The Balaban J connectivity index is 1.47. The molecule has 11 heteroatoms. The van der Waals surface area contributed by atoms with Crippen LogP contribution in [0.4, 0.5) is 14.7 Å². The van der Waals surface area contributed by atoms with Crippen LogP contribution in [0.15, 0.2) is 42.5 Å². The van der Waals surface area contributed by atoms with Gasteiger partial charge in [-0.2, -0.15) is 9.78 Å². The molecule has 1 atom stereocenters. The Morgan fingerprint density at radius 3 is 2.71 bits per heavy atom. The number of amides is 1. The highest BCUT2D eigenvalue weighted by Crippen LogP contribution is 2.26. The van der Waals surface area contributed by atoms with Crippen LogP contribution in [-0.4, -0.2) is 61.5 Å². The van der Waals surface area contributed by atoms with Crippen LogP contribution in [-0.2, 0) is 17.8 Å². The molecular formula is C27H26F2N8O. The summed E-state index contributed by atoms with van der Waals surface area (Å²) in [5, 5.41) is 13.6. The van der Waals surface area contributed by atoms with Gasteiger partial charge in [0.05, 0.1) is 17.3 Å². The number of nitrogens with two attached hydrogens (primary N) is 1. The van der Waals surface area contributed by atoms with E-state index < -0.39 is 11.6 Å². The monoisotopic (exact) mass is 516 g/mol. The third kappa shape index (κ3) is 4.54. The molecule has 1 amide bonds. The molecule has 1 unspecified atom stereocenters. The molecule has 0 bridgehead atoms. The second-order valence-corrected chi connectivity index (χ2v) is 9.26. The second kappa shape index (κ2) is 10.1. The largest absolute Gasteiger partial charge is 0.368 e. The van der Waals surface area contributed by atoms with Gasteiger partial charge < -0.3 is 10.6 Å². The van der Waals surface area contributed by atoms with Crippen LogP contribution in [0.5, 0.6) is 0 Å². The number of anilines is 1. The molecular weight excluding hydrogens is 490 g/mol. The van der Waals surface area contributed by atoms with Gasteiger partial charge in [-0.1, -0.05) is 25.1 Å². The van der Waals surface area contributed by atoms with Crippen molar-refractivity contribution in [3.05, 3.63) is 76.6 Å². The van der Waals surface area contributed by atoms with Crippen LogP contribution in [0.25, 0.3) is 16.9 Å². The van der Waals surface area contributed by atoms with E-state index in [4.69, 9.17) is 11.0 Å². The van der Waals surface area contributed by atoms with Crippen molar-refractivity contribution in [1.29, 1.82) is 5.26 Å². The lowest BCUT2D eigenvalue weighted by Crippen LogP contribution is -2.40. The number of nitrogens with zero attached hydrogens (tertiary/aromatic N) is 7. The molecule has 4 aromatic rings. The Hall–Kier alpha value is -4.43. The topological polar surface area (TPSA) is 116 Å². The van der Waals surface area contributed by atoms with Crippen molar-refractivity contribution in [2.24, 2.45) is 0 Å². The fourth-order valence-electron chi connectivity index (χ4n) is 4.90. The number of halogens is 2. The summed E-state index contributed by atoms with van der Waals surface area (Å²) < 4.78 is 31.1. The van der Waals surface area contributed by atoms with E-state index in [9.17, 15) is 9.18 Å². The summed E-state index contributed by atoms with van der Waals surface area (Å²) in [7, 11) is 1.79. The number of nitrogen functional groups attached to an aromatic ring is 1. The Morgan fingerprint density at radius 1 is 1.21 bits per heavy atom. The average Bonchev–Trinajstić information content (AvgIpc) is 3.47. The van der Waals surface area contributed by atoms with Crippen molar-refractivity contribution in [3.63, 3.8) is 0 Å². The Kier molecular flexibility index (Phi) is 6.73. The highest BCUT2D eigenvalue weighted by Gasteiger charge is 2.33. The van der Waals surface area contributed by atoms with Gasteiger partial charge in [0, 0.05) is 38.2 Å². The molecule has 2 aromatic carbocycles. The summed E-state index contributed by atoms with van der Waals surface area (Å²) in [6.07, 6.45) is 0.821. The second-order valence-electron chi connectivity index (χ2n) is 9.26. The Bertz CT molecular complexity index is 1580. The lowest BCUT2D eigenvalue weighted by Gasteiger charge is -2.27. The maximum Gasteiger partial charge on any atom is 0.239 e. The van der Waals surface area contributed by atoms with Gasteiger partial charge in [-0.15, -0.1) is 5.10 Å². The molecule has 9 nitrogen and oxygen atoms in total. The Morgan fingerprint density at radius 2 is 2.00 bits per heavy atom. The molecule has 1 aliphatic heterocycles. The number of benzene rings is 2. The van der Waals surface area contributed by atoms with Gasteiger partial charge in [0.15, 0.2) is 11.5 Å². The molecule has 5 rings (SSSR count). The van der Waals surface area contributed by atoms with Gasteiger partial charge in [-0.05, 0) is 42.3 Å². The first-order valence-electron chi connectivity index (χ1n) is 12.3. The summed E-state index contributed by atoms with van der Waals surface area (Å²) in [5.74, 6) is -0.730. The zero-order chi connectivity index (χ0) is 27.0. The van der Waals surface area contributed by atoms with E-state index in [1.807, 2.05) is 19.1 Å². The quantitative estimate of drug-likeness (QED) is 0.401. The molecule has 0 spiro atoms. The lowest BCUT2D eigenvalue weighted by atomic mass is 10.0. The maximum absolute atomic E-state index is 15.1. The van der Waals surface area contributed by atoms with Gasteiger partial charge in [0.1, 0.15) is 17.7 Å². The highest BCUT2D eigenvalue weighted by molar-refractivity contribution is 5.83. The predicted octanol–water partition coefficient (Wildman–Crippen LogP) is 3.17. The molecule has 1 fully saturated rings. The van der Waals surface area contributed by atoms with Crippen molar-refractivity contribution in [3.8, 4) is 17.3 Å². The van der Waals surface area contributed by atoms with Gasteiger partial charge in [0.2, 0.25) is 11.9 Å². The van der Waals surface area contributed by atoms with Gasteiger partial charge in [0.25, 0.3) is 0 Å². The zero-order valence-electron chi connectivity index (χ0n) is 21.0. The SMILES string of the molecule is CCN(Cc1cccc(F)c1Cc1nc2cc(-c3cccc(C#N)c3F)nc(N)n2n1)C1CCN(C)C1=O. The summed E-state index contributed by atoms with van der Waals surface area (Å²) in [6, 6.07) is 12.4. The van der Waals surface area contributed by atoms with Crippen molar-refractivity contribution < 1.29 is 13.6 Å². The molecule has 0 saturated carbocycles. The van der Waals surface area contributed by atoms with E-state index in [1.165, 1.54) is 28.8 Å². The molecule has 2 aromatic heterocycles. The molecule has 194 valence electrons. The number of hydrogen-bond donors (Lipinski definition) is 1.